The van der Waals surface area contributed by atoms with E-state index in [4.69, 9.17) is 29.2 Å². The van der Waals surface area contributed by atoms with Gasteiger partial charge in [0.1, 0.15) is 12.4 Å². The molecule has 10 heteroatoms. The average molecular weight is 521 g/mol. The van der Waals surface area contributed by atoms with Gasteiger partial charge in [0.2, 0.25) is 11.9 Å². The van der Waals surface area contributed by atoms with Crippen LogP contribution in [0, 0.1) is 0 Å². The van der Waals surface area contributed by atoms with Crippen molar-refractivity contribution in [2.75, 3.05) is 70.1 Å². The minimum atomic E-state index is -0.0619. The summed E-state index contributed by atoms with van der Waals surface area (Å²) in [4.78, 5) is 33.4. The zero-order valence-corrected chi connectivity index (χ0v) is 22.6. The lowest BCUT2D eigenvalue weighted by atomic mass is 10.1. The van der Waals surface area contributed by atoms with Gasteiger partial charge in [-0.25, -0.2) is 4.98 Å². The van der Waals surface area contributed by atoms with Crippen molar-refractivity contribution in [2.24, 2.45) is 0 Å². The molecule has 0 saturated carbocycles. The van der Waals surface area contributed by atoms with Crippen LogP contribution in [0.4, 0.5) is 11.8 Å². The standard InChI is InChI=1S/C28H36N6O4/c1-19-16-37-12-10-33(19)27-23-8-9-24(22-7-5-6-21(14-22)15-32(3)25(35)18-36-4)29-26(23)30-28(31-27)34-11-13-38-17-20(34)2/h5-9,14,19-20H,10-13,15-18H2,1-4H3/t19-,20-/m0/s1. The van der Waals surface area contributed by atoms with Crippen LogP contribution in [0.15, 0.2) is 36.4 Å². The molecule has 1 aromatic carbocycles. The summed E-state index contributed by atoms with van der Waals surface area (Å²) in [6.45, 7) is 8.97. The van der Waals surface area contributed by atoms with Crippen LogP contribution in [0.3, 0.4) is 0 Å². The van der Waals surface area contributed by atoms with Crippen molar-refractivity contribution in [3.05, 3.63) is 42.0 Å². The number of hydrogen-bond donors (Lipinski definition) is 0. The molecule has 38 heavy (non-hydrogen) atoms. The van der Waals surface area contributed by atoms with Crippen LogP contribution in [0.25, 0.3) is 22.3 Å². The van der Waals surface area contributed by atoms with Gasteiger partial charge in [0.05, 0.1) is 49.6 Å². The van der Waals surface area contributed by atoms with E-state index in [1.165, 1.54) is 7.11 Å². The lowest BCUT2D eigenvalue weighted by molar-refractivity contribution is -0.134. The van der Waals surface area contributed by atoms with Crippen LogP contribution in [-0.2, 0) is 25.5 Å². The monoisotopic (exact) mass is 520 g/mol. The van der Waals surface area contributed by atoms with Crippen molar-refractivity contribution in [3.63, 3.8) is 0 Å². The Morgan fingerprint density at radius 1 is 1.03 bits per heavy atom. The molecular weight excluding hydrogens is 484 g/mol. The Balaban J connectivity index is 1.53. The molecule has 0 aliphatic carbocycles. The highest BCUT2D eigenvalue weighted by Gasteiger charge is 2.27. The van der Waals surface area contributed by atoms with Crippen molar-refractivity contribution in [3.8, 4) is 11.3 Å². The van der Waals surface area contributed by atoms with Crippen LogP contribution in [-0.4, -0.2) is 98.1 Å². The quantitative estimate of drug-likeness (QED) is 0.466. The summed E-state index contributed by atoms with van der Waals surface area (Å²) in [5.41, 5.74) is 3.48. The minimum absolute atomic E-state index is 0.0619. The van der Waals surface area contributed by atoms with Crippen LogP contribution in [0.2, 0.25) is 0 Å². The Morgan fingerprint density at radius 2 is 1.76 bits per heavy atom. The average Bonchev–Trinajstić information content (AvgIpc) is 2.93. The predicted octanol–water partition coefficient (Wildman–Crippen LogP) is 2.75. The Hall–Kier alpha value is -3.34. The van der Waals surface area contributed by atoms with Gasteiger partial charge in [-0.2, -0.15) is 9.97 Å². The molecule has 0 spiro atoms. The number of rotatable bonds is 7. The number of aromatic nitrogens is 3. The maximum absolute atomic E-state index is 12.2. The summed E-state index contributed by atoms with van der Waals surface area (Å²) in [5.74, 6) is 1.51. The number of amides is 1. The summed E-state index contributed by atoms with van der Waals surface area (Å²) in [6.07, 6.45) is 0. The third kappa shape index (κ3) is 5.57. The molecule has 0 unspecified atom stereocenters. The van der Waals surface area contributed by atoms with Gasteiger partial charge in [-0.05, 0) is 37.6 Å². The summed E-state index contributed by atoms with van der Waals surface area (Å²) in [5, 5.41) is 0.924. The highest BCUT2D eigenvalue weighted by atomic mass is 16.5. The van der Waals surface area contributed by atoms with Crippen molar-refractivity contribution < 1.29 is 19.0 Å². The molecule has 0 bridgehead atoms. The predicted molar refractivity (Wildman–Crippen MR) is 146 cm³/mol. The number of fused-ring (bicyclic) bond motifs is 1. The fraction of sp³-hybridized carbons (Fsp3) is 0.500. The molecule has 2 aliphatic rings. The van der Waals surface area contributed by atoms with E-state index in [2.05, 4.69) is 35.8 Å². The Bertz CT molecular complexity index is 1290. The van der Waals surface area contributed by atoms with E-state index in [-0.39, 0.29) is 24.6 Å². The van der Waals surface area contributed by atoms with E-state index < -0.39 is 0 Å². The molecule has 3 aromatic rings. The zero-order valence-electron chi connectivity index (χ0n) is 22.6. The smallest absolute Gasteiger partial charge is 0.248 e. The van der Waals surface area contributed by atoms with E-state index in [0.717, 1.165) is 41.1 Å². The van der Waals surface area contributed by atoms with E-state index in [0.29, 0.717) is 44.6 Å². The number of pyridine rings is 1. The highest BCUT2D eigenvalue weighted by molar-refractivity contribution is 5.90. The number of morpholine rings is 2. The van der Waals surface area contributed by atoms with Crippen molar-refractivity contribution in [2.45, 2.75) is 32.5 Å². The molecule has 2 aromatic heterocycles. The number of carbonyl (C=O) groups excluding carboxylic acids is 1. The van der Waals surface area contributed by atoms with Crippen molar-refractivity contribution in [1.82, 2.24) is 19.9 Å². The Kier molecular flexibility index (Phi) is 8.01. The summed E-state index contributed by atoms with van der Waals surface area (Å²) >= 11 is 0. The second kappa shape index (κ2) is 11.6. The fourth-order valence-corrected chi connectivity index (χ4v) is 4.98. The van der Waals surface area contributed by atoms with Gasteiger partial charge >= 0.3 is 0 Å². The molecule has 2 saturated heterocycles. The molecule has 0 N–H and O–H groups in total. The molecule has 1 amide bonds. The minimum Gasteiger partial charge on any atom is -0.377 e. The maximum atomic E-state index is 12.2. The molecule has 202 valence electrons. The molecule has 2 aliphatic heterocycles. The van der Waals surface area contributed by atoms with E-state index >= 15 is 0 Å². The van der Waals surface area contributed by atoms with Gasteiger partial charge in [-0.3, -0.25) is 4.79 Å². The Labute approximate surface area is 223 Å². The molecular formula is C28H36N6O4. The third-order valence-corrected chi connectivity index (χ3v) is 7.13. The van der Waals surface area contributed by atoms with E-state index in [9.17, 15) is 4.79 Å². The summed E-state index contributed by atoms with van der Waals surface area (Å²) in [6, 6.07) is 12.6. The van der Waals surface area contributed by atoms with Gasteiger partial charge in [0, 0.05) is 39.4 Å². The number of methoxy groups -OCH3 is 1. The Morgan fingerprint density at radius 3 is 2.47 bits per heavy atom. The lowest BCUT2D eigenvalue weighted by Crippen LogP contribution is -2.46. The third-order valence-electron chi connectivity index (χ3n) is 7.13. The molecule has 2 atom stereocenters. The van der Waals surface area contributed by atoms with Gasteiger partial charge in [-0.15, -0.1) is 0 Å². The van der Waals surface area contributed by atoms with E-state index in [1.54, 1.807) is 11.9 Å². The van der Waals surface area contributed by atoms with Crippen LogP contribution in [0.5, 0.6) is 0 Å². The van der Waals surface area contributed by atoms with Crippen molar-refractivity contribution >= 4 is 28.7 Å². The second-order valence-electron chi connectivity index (χ2n) is 10.0. The van der Waals surface area contributed by atoms with E-state index in [1.807, 2.05) is 24.3 Å². The second-order valence-corrected chi connectivity index (χ2v) is 10.0. The lowest BCUT2D eigenvalue weighted by Gasteiger charge is -2.37. The number of benzene rings is 1. The van der Waals surface area contributed by atoms with Gasteiger partial charge in [-0.1, -0.05) is 18.2 Å². The topological polar surface area (TPSA) is 93.2 Å². The number of nitrogens with zero attached hydrogens (tertiary/aromatic N) is 6. The molecule has 2 fully saturated rings. The number of carbonyl (C=O) groups is 1. The molecule has 5 rings (SSSR count). The van der Waals surface area contributed by atoms with Crippen molar-refractivity contribution in [1.29, 1.82) is 0 Å². The molecule has 10 nitrogen and oxygen atoms in total. The summed E-state index contributed by atoms with van der Waals surface area (Å²) < 4.78 is 16.3. The SMILES string of the molecule is COCC(=O)N(C)Cc1cccc(-c2ccc3c(N4CCOC[C@@H]4C)nc(N4CCOC[C@@H]4C)nc3n2)c1. The first-order valence-electron chi connectivity index (χ1n) is 13.1. The number of hydrogen-bond acceptors (Lipinski definition) is 9. The van der Waals surface area contributed by atoms with Gasteiger partial charge < -0.3 is 28.9 Å². The molecule has 4 heterocycles. The zero-order chi connectivity index (χ0) is 26.6. The van der Waals surface area contributed by atoms with Crippen LogP contribution < -0.4 is 9.80 Å². The van der Waals surface area contributed by atoms with Crippen LogP contribution >= 0.6 is 0 Å². The number of anilines is 2. The first kappa shape index (κ1) is 26.3. The van der Waals surface area contributed by atoms with Gasteiger partial charge in [0.25, 0.3) is 0 Å². The normalized spacial score (nSPS) is 20.1. The molecule has 0 radical (unpaired) electrons. The first-order chi connectivity index (χ1) is 18.4. The number of ether oxygens (including phenoxy) is 3. The maximum Gasteiger partial charge on any atom is 0.248 e. The largest absolute Gasteiger partial charge is 0.377 e. The van der Waals surface area contributed by atoms with Crippen LogP contribution in [0.1, 0.15) is 19.4 Å². The summed E-state index contributed by atoms with van der Waals surface area (Å²) in [7, 11) is 3.30. The highest BCUT2D eigenvalue weighted by Crippen LogP contribution is 2.31. The number of likely N-dealkylation sites (N-methyl/N-ethyl adjacent to an activating group) is 1. The first-order valence-corrected chi connectivity index (χ1v) is 13.1. The fourth-order valence-electron chi connectivity index (χ4n) is 4.98. The van der Waals surface area contributed by atoms with Gasteiger partial charge in [0.15, 0.2) is 5.65 Å².